The maximum absolute atomic E-state index is 11.7. The van der Waals surface area contributed by atoms with Crippen LogP contribution in [0.15, 0.2) is 24.3 Å². The third-order valence-corrected chi connectivity index (χ3v) is 3.53. The Balaban J connectivity index is 2.65. The van der Waals surface area contributed by atoms with E-state index in [2.05, 4.69) is 5.32 Å². The highest BCUT2D eigenvalue weighted by Crippen LogP contribution is 2.12. The van der Waals surface area contributed by atoms with E-state index >= 15 is 0 Å². The molecule has 0 heterocycles. The molecule has 1 rings (SSSR count). The van der Waals surface area contributed by atoms with Gasteiger partial charge in [-0.05, 0) is 45.0 Å². The number of rotatable bonds is 6. The van der Waals surface area contributed by atoms with Gasteiger partial charge >= 0.3 is 5.97 Å². The van der Waals surface area contributed by atoms with Gasteiger partial charge in [-0.25, -0.2) is 13.2 Å². The molecular formula is C14H21NO4S. The van der Waals surface area contributed by atoms with Crippen molar-refractivity contribution in [1.29, 1.82) is 0 Å². The Kier molecular flexibility index (Phi) is 5.56. The minimum Gasteiger partial charge on any atom is -0.459 e. The molecule has 0 amide bonds. The zero-order chi connectivity index (χ0) is 15.3. The molecule has 0 bridgehead atoms. The first-order valence-corrected chi connectivity index (χ1v) is 8.49. The first-order chi connectivity index (χ1) is 9.17. The summed E-state index contributed by atoms with van der Waals surface area (Å²) in [5.41, 5.74) is 1.24. The number of ether oxygens (including phenoxy) is 1. The van der Waals surface area contributed by atoms with E-state index < -0.39 is 9.84 Å². The van der Waals surface area contributed by atoms with Crippen molar-refractivity contribution in [1.82, 2.24) is 0 Å². The Morgan fingerprint density at radius 2 is 1.75 bits per heavy atom. The summed E-state index contributed by atoms with van der Waals surface area (Å²) >= 11 is 0. The molecule has 1 aromatic carbocycles. The van der Waals surface area contributed by atoms with E-state index in [1.54, 1.807) is 45.0 Å². The molecule has 0 spiro atoms. The van der Waals surface area contributed by atoms with Crippen LogP contribution in [0.3, 0.4) is 0 Å². The molecule has 0 aliphatic rings. The lowest BCUT2D eigenvalue weighted by atomic mass is 10.2. The predicted octanol–water partition coefficient (Wildman–Crippen LogP) is 2.10. The fourth-order valence-corrected chi connectivity index (χ4v) is 2.76. The Bertz CT molecular complexity index is 549. The van der Waals surface area contributed by atoms with Crippen molar-refractivity contribution in [3.05, 3.63) is 29.8 Å². The van der Waals surface area contributed by atoms with Crippen LogP contribution in [-0.4, -0.2) is 38.5 Å². The van der Waals surface area contributed by atoms with Crippen molar-refractivity contribution in [3.8, 4) is 0 Å². The number of hydrogen-bond acceptors (Lipinski definition) is 5. The van der Waals surface area contributed by atoms with Gasteiger partial charge in [0, 0.05) is 18.0 Å². The Morgan fingerprint density at radius 3 is 2.20 bits per heavy atom. The van der Waals surface area contributed by atoms with Crippen LogP contribution in [0.1, 0.15) is 31.1 Å². The van der Waals surface area contributed by atoms with Crippen molar-refractivity contribution in [2.24, 2.45) is 0 Å². The van der Waals surface area contributed by atoms with Crippen molar-refractivity contribution in [3.63, 3.8) is 0 Å². The molecule has 0 radical (unpaired) electrons. The monoisotopic (exact) mass is 299 g/mol. The maximum Gasteiger partial charge on any atom is 0.338 e. The molecule has 1 aromatic rings. The van der Waals surface area contributed by atoms with Crippen LogP contribution < -0.4 is 5.32 Å². The number of carbonyl (C=O) groups is 1. The summed E-state index contributed by atoms with van der Waals surface area (Å²) in [5.74, 6) is -0.305. The fraction of sp³-hybridized carbons (Fsp3) is 0.500. The summed E-state index contributed by atoms with van der Waals surface area (Å²) in [6.45, 7) is 5.38. The summed E-state index contributed by atoms with van der Waals surface area (Å²) < 4.78 is 27.4. The summed E-state index contributed by atoms with van der Waals surface area (Å²) in [6.07, 6.45) is 1.05. The number of anilines is 1. The van der Waals surface area contributed by atoms with Gasteiger partial charge in [-0.3, -0.25) is 0 Å². The lowest BCUT2D eigenvalue weighted by molar-refractivity contribution is 0.0378. The topological polar surface area (TPSA) is 72.5 Å². The average molecular weight is 299 g/mol. The molecule has 1 N–H and O–H groups in total. The highest BCUT2D eigenvalue weighted by atomic mass is 32.2. The van der Waals surface area contributed by atoms with Gasteiger partial charge in [-0.15, -0.1) is 0 Å². The van der Waals surface area contributed by atoms with E-state index in [0.717, 1.165) is 5.69 Å². The summed E-state index contributed by atoms with van der Waals surface area (Å²) in [6, 6.07) is 6.57. The number of esters is 1. The minimum absolute atomic E-state index is 0.0597. The molecule has 5 nitrogen and oxygen atoms in total. The van der Waals surface area contributed by atoms with Crippen molar-refractivity contribution in [2.75, 3.05) is 17.3 Å². The largest absolute Gasteiger partial charge is 0.459 e. The molecule has 1 unspecified atom stereocenters. The molecular weight excluding hydrogens is 278 g/mol. The number of sulfone groups is 1. The summed E-state index contributed by atoms with van der Waals surface area (Å²) in [4.78, 5) is 11.7. The lowest BCUT2D eigenvalue weighted by Crippen LogP contribution is -2.25. The van der Waals surface area contributed by atoms with Crippen LogP contribution in [0.25, 0.3) is 0 Å². The SMILES string of the molecule is CC(CS(C)(=O)=O)Nc1ccc(C(=O)OC(C)C)cc1. The normalized spacial score (nSPS) is 13.1. The third-order valence-electron chi connectivity index (χ3n) is 2.43. The zero-order valence-electron chi connectivity index (χ0n) is 12.2. The maximum atomic E-state index is 11.7. The minimum atomic E-state index is -3.02. The van der Waals surface area contributed by atoms with Crippen LogP contribution in [0, 0.1) is 0 Å². The lowest BCUT2D eigenvalue weighted by Gasteiger charge is -2.14. The standard InChI is InChI=1S/C14H21NO4S/c1-10(2)19-14(16)12-5-7-13(8-6-12)15-11(3)9-20(4,17)18/h5-8,10-11,15H,9H2,1-4H3. The summed E-state index contributed by atoms with van der Waals surface area (Å²) in [5, 5.41) is 3.07. The second-order valence-electron chi connectivity index (χ2n) is 5.17. The molecule has 112 valence electrons. The molecule has 1 atom stereocenters. The van der Waals surface area contributed by atoms with Crippen LogP contribution in [0.4, 0.5) is 5.69 Å². The van der Waals surface area contributed by atoms with E-state index in [4.69, 9.17) is 4.74 Å². The highest BCUT2D eigenvalue weighted by molar-refractivity contribution is 7.90. The van der Waals surface area contributed by atoms with Crippen molar-refractivity contribution < 1.29 is 17.9 Å². The van der Waals surface area contributed by atoms with Gasteiger partial charge in [0.05, 0.1) is 17.4 Å². The number of nitrogens with one attached hydrogen (secondary N) is 1. The summed E-state index contributed by atoms with van der Waals surface area (Å²) in [7, 11) is -3.02. The van der Waals surface area contributed by atoms with E-state index in [0.29, 0.717) is 5.56 Å². The van der Waals surface area contributed by atoms with Crippen LogP contribution >= 0.6 is 0 Å². The molecule has 0 saturated heterocycles. The van der Waals surface area contributed by atoms with E-state index in [1.807, 2.05) is 0 Å². The molecule has 6 heteroatoms. The zero-order valence-corrected chi connectivity index (χ0v) is 13.0. The van der Waals surface area contributed by atoms with E-state index in [-0.39, 0.29) is 23.9 Å². The first-order valence-electron chi connectivity index (χ1n) is 6.42. The fourth-order valence-electron chi connectivity index (χ4n) is 1.76. The van der Waals surface area contributed by atoms with Gasteiger partial charge in [0.25, 0.3) is 0 Å². The molecule has 0 aromatic heterocycles. The van der Waals surface area contributed by atoms with E-state index in [1.165, 1.54) is 6.26 Å². The average Bonchev–Trinajstić information content (AvgIpc) is 2.26. The van der Waals surface area contributed by atoms with E-state index in [9.17, 15) is 13.2 Å². The van der Waals surface area contributed by atoms with Gasteiger partial charge in [0.2, 0.25) is 0 Å². The second-order valence-corrected chi connectivity index (χ2v) is 7.35. The predicted molar refractivity (Wildman–Crippen MR) is 79.8 cm³/mol. The van der Waals surface area contributed by atoms with Gasteiger partial charge in [-0.2, -0.15) is 0 Å². The third kappa shape index (κ3) is 6.06. The first kappa shape index (κ1) is 16.5. The molecule has 0 aliphatic heterocycles. The van der Waals surface area contributed by atoms with Gasteiger partial charge < -0.3 is 10.1 Å². The quantitative estimate of drug-likeness (QED) is 0.814. The number of hydrogen-bond donors (Lipinski definition) is 1. The second kappa shape index (κ2) is 6.74. The van der Waals surface area contributed by atoms with Gasteiger partial charge in [0.1, 0.15) is 9.84 Å². The highest BCUT2D eigenvalue weighted by Gasteiger charge is 2.12. The van der Waals surface area contributed by atoms with Crippen LogP contribution in [0.5, 0.6) is 0 Å². The Labute approximate surface area is 120 Å². The van der Waals surface area contributed by atoms with Gasteiger partial charge in [-0.1, -0.05) is 0 Å². The van der Waals surface area contributed by atoms with Crippen LogP contribution in [-0.2, 0) is 14.6 Å². The molecule has 0 saturated carbocycles. The Hall–Kier alpha value is -1.56. The molecule has 20 heavy (non-hydrogen) atoms. The molecule has 0 fully saturated rings. The number of benzene rings is 1. The number of carbonyl (C=O) groups excluding carboxylic acids is 1. The smallest absolute Gasteiger partial charge is 0.338 e. The van der Waals surface area contributed by atoms with Crippen LogP contribution in [0.2, 0.25) is 0 Å². The van der Waals surface area contributed by atoms with Crippen molar-refractivity contribution >= 4 is 21.5 Å². The van der Waals surface area contributed by atoms with Crippen molar-refractivity contribution in [2.45, 2.75) is 32.9 Å². The Morgan fingerprint density at radius 1 is 1.20 bits per heavy atom. The van der Waals surface area contributed by atoms with Gasteiger partial charge in [0.15, 0.2) is 0 Å². The molecule has 0 aliphatic carbocycles.